The van der Waals surface area contributed by atoms with Gasteiger partial charge in [0.1, 0.15) is 0 Å². The van der Waals surface area contributed by atoms with E-state index in [-0.39, 0.29) is 11.8 Å². The predicted molar refractivity (Wildman–Crippen MR) is 121 cm³/mol. The second-order valence-electron chi connectivity index (χ2n) is 8.57. The molecule has 0 radical (unpaired) electrons. The van der Waals surface area contributed by atoms with Gasteiger partial charge in [-0.2, -0.15) is 4.31 Å². The summed E-state index contributed by atoms with van der Waals surface area (Å²) in [5.41, 5.74) is 3.30. The largest absolute Gasteiger partial charge is 0.493 e. The van der Waals surface area contributed by atoms with Gasteiger partial charge in [-0.05, 0) is 61.2 Å². The molecule has 6 nitrogen and oxygen atoms in total. The summed E-state index contributed by atoms with van der Waals surface area (Å²) in [5.74, 6) is 1.13. The Bertz CT molecular complexity index is 1260. The van der Waals surface area contributed by atoms with E-state index in [1.165, 1.54) is 0 Å². The molecule has 1 atom stereocenters. The van der Waals surface area contributed by atoms with Crippen LogP contribution in [0, 0.1) is 6.92 Å². The minimum absolute atomic E-state index is 0.0817. The molecule has 2 aromatic rings. The summed E-state index contributed by atoms with van der Waals surface area (Å²) >= 11 is 0. The van der Waals surface area contributed by atoms with Crippen LogP contribution in [0.3, 0.4) is 0 Å². The van der Waals surface area contributed by atoms with Crippen molar-refractivity contribution in [3.05, 3.63) is 76.9 Å². The van der Waals surface area contributed by atoms with Crippen LogP contribution in [0.1, 0.15) is 34.7 Å². The summed E-state index contributed by atoms with van der Waals surface area (Å²) in [4.78, 5) is 12.2. The molecule has 0 amide bonds. The highest BCUT2D eigenvalue weighted by Gasteiger charge is 2.51. The van der Waals surface area contributed by atoms with Gasteiger partial charge in [-0.25, -0.2) is 8.42 Å². The number of fused-ring (bicyclic) bond motifs is 1. The van der Waals surface area contributed by atoms with E-state index in [0.717, 1.165) is 22.3 Å². The zero-order valence-corrected chi connectivity index (χ0v) is 19.1. The molecule has 5 rings (SSSR count). The van der Waals surface area contributed by atoms with Gasteiger partial charge in [-0.1, -0.05) is 29.8 Å². The molecule has 7 heteroatoms. The molecule has 0 unspecified atom stereocenters. The second-order valence-corrected chi connectivity index (χ2v) is 10.5. The Morgan fingerprint density at radius 3 is 2.38 bits per heavy atom. The number of rotatable bonds is 4. The van der Waals surface area contributed by atoms with Crippen molar-refractivity contribution in [1.82, 2.24) is 4.31 Å². The number of allylic oxidation sites excluding steroid dienone is 4. The fourth-order valence-electron chi connectivity index (χ4n) is 5.28. The summed E-state index contributed by atoms with van der Waals surface area (Å²) in [6.45, 7) is 2.31. The van der Waals surface area contributed by atoms with E-state index in [1.807, 2.05) is 37.3 Å². The van der Waals surface area contributed by atoms with E-state index < -0.39 is 15.4 Å². The third kappa shape index (κ3) is 2.95. The van der Waals surface area contributed by atoms with Crippen molar-refractivity contribution in [2.24, 2.45) is 0 Å². The third-order valence-corrected chi connectivity index (χ3v) is 8.71. The van der Waals surface area contributed by atoms with Crippen molar-refractivity contribution in [2.75, 3.05) is 20.8 Å². The number of aryl methyl sites for hydroxylation is 1. The highest BCUT2D eigenvalue weighted by atomic mass is 32.2. The lowest BCUT2D eigenvalue weighted by atomic mass is 9.77. The molecular formula is C25H25NO5S. The normalized spacial score (nSPS) is 21.1. The van der Waals surface area contributed by atoms with E-state index in [2.05, 4.69) is 0 Å². The summed E-state index contributed by atoms with van der Waals surface area (Å²) < 4.78 is 40.4. The van der Waals surface area contributed by atoms with Gasteiger partial charge in [0, 0.05) is 17.5 Å². The molecule has 32 heavy (non-hydrogen) atoms. The first kappa shape index (κ1) is 21.0. The highest BCUT2D eigenvalue weighted by Crippen LogP contribution is 2.59. The molecule has 3 aliphatic rings. The first-order valence-corrected chi connectivity index (χ1v) is 12.0. The Kier molecular flexibility index (Phi) is 4.80. The Morgan fingerprint density at radius 2 is 1.75 bits per heavy atom. The van der Waals surface area contributed by atoms with Crippen LogP contribution in [0.25, 0.3) is 0 Å². The van der Waals surface area contributed by atoms with Gasteiger partial charge in [0.25, 0.3) is 0 Å². The molecule has 0 fully saturated rings. The molecule has 0 bridgehead atoms. The molecule has 0 saturated heterocycles. The Labute approximate surface area is 188 Å². The van der Waals surface area contributed by atoms with Crippen LogP contribution in [-0.2, 0) is 26.7 Å². The van der Waals surface area contributed by atoms with Gasteiger partial charge in [0.05, 0.1) is 25.2 Å². The minimum atomic E-state index is -3.70. The number of benzene rings is 2. The van der Waals surface area contributed by atoms with Crippen molar-refractivity contribution in [3.8, 4) is 11.5 Å². The average Bonchev–Trinajstić information content (AvgIpc) is 3.11. The molecule has 0 aromatic heterocycles. The van der Waals surface area contributed by atoms with Crippen molar-refractivity contribution in [1.29, 1.82) is 0 Å². The second kappa shape index (κ2) is 7.32. The van der Waals surface area contributed by atoms with Crippen molar-refractivity contribution < 1.29 is 22.7 Å². The van der Waals surface area contributed by atoms with Crippen LogP contribution in [0.2, 0.25) is 0 Å². The highest BCUT2D eigenvalue weighted by molar-refractivity contribution is 7.89. The van der Waals surface area contributed by atoms with Crippen LogP contribution in [0.15, 0.2) is 59.5 Å². The molecular weight excluding hydrogens is 426 g/mol. The van der Waals surface area contributed by atoms with Gasteiger partial charge in [0.2, 0.25) is 10.0 Å². The molecule has 2 aromatic carbocycles. The quantitative estimate of drug-likeness (QED) is 0.710. The maximum Gasteiger partial charge on any atom is 0.243 e. The van der Waals surface area contributed by atoms with E-state index in [4.69, 9.17) is 9.47 Å². The van der Waals surface area contributed by atoms with Crippen molar-refractivity contribution in [2.45, 2.75) is 36.1 Å². The van der Waals surface area contributed by atoms with Crippen LogP contribution in [-0.4, -0.2) is 39.3 Å². The maximum atomic E-state index is 13.7. The Morgan fingerprint density at radius 1 is 1.06 bits per heavy atom. The average molecular weight is 452 g/mol. The summed E-state index contributed by atoms with van der Waals surface area (Å²) in [7, 11) is -0.514. The molecule has 2 aliphatic carbocycles. The molecule has 166 valence electrons. The van der Waals surface area contributed by atoms with Crippen molar-refractivity contribution in [3.63, 3.8) is 0 Å². The number of nitrogens with zero attached hydrogens (tertiary/aromatic N) is 1. The number of sulfonamides is 1. The maximum absolute atomic E-state index is 13.7. The van der Waals surface area contributed by atoms with Gasteiger partial charge in [0.15, 0.2) is 17.3 Å². The van der Waals surface area contributed by atoms with Crippen LogP contribution in [0.5, 0.6) is 11.5 Å². The van der Waals surface area contributed by atoms with Gasteiger partial charge in [-0.15, -0.1) is 0 Å². The van der Waals surface area contributed by atoms with E-state index >= 15 is 0 Å². The standard InChI is InChI=1S/C25H25NO5S/c1-16-4-6-19(7-5-16)32(28,29)26-13-10-17-14-21(30-2)24(31-3)23-22(17)20(26)15-25(23)11-8-18(27)9-12-25/h4-9,11-12,14,20H,10,13,15H2,1-3H3/t20-/m0/s1. The number of methoxy groups -OCH3 is 2. The smallest absolute Gasteiger partial charge is 0.243 e. The number of ether oxygens (including phenoxy) is 2. The van der Waals surface area contributed by atoms with E-state index in [9.17, 15) is 13.2 Å². The van der Waals surface area contributed by atoms with Gasteiger partial charge >= 0.3 is 0 Å². The first-order chi connectivity index (χ1) is 15.3. The Balaban J connectivity index is 1.71. The number of hydrogen-bond donors (Lipinski definition) is 0. The third-order valence-electron chi connectivity index (χ3n) is 6.79. The van der Waals surface area contributed by atoms with E-state index in [0.29, 0.717) is 35.8 Å². The van der Waals surface area contributed by atoms with Crippen LogP contribution >= 0.6 is 0 Å². The van der Waals surface area contributed by atoms with Gasteiger partial charge in [-0.3, -0.25) is 4.79 Å². The lowest BCUT2D eigenvalue weighted by Crippen LogP contribution is -2.39. The summed E-state index contributed by atoms with van der Waals surface area (Å²) in [6.07, 6.45) is 7.95. The fourth-order valence-corrected chi connectivity index (χ4v) is 6.87. The SMILES string of the molecule is COc1cc2c3c(c1OC)C1(C=CC(=O)C=C1)C[C@@H]3N(S(=O)(=O)c1ccc(C)cc1)CC2. The number of ketones is 1. The fraction of sp³-hybridized carbons (Fsp3) is 0.320. The molecule has 1 spiro atoms. The van der Waals surface area contributed by atoms with Crippen LogP contribution < -0.4 is 9.47 Å². The number of hydrogen-bond acceptors (Lipinski definition) is 5. The van der Waals surface area contributed by atoms with Crippen molar-refractivity contribution >= 4 is 15.8 Å². The minimum Gasteiger partial charge on any atom is -0.493 e. The Hall–Kier alpha value is -2.90. The topological polar surface area (TPSA) is 72.9 Å². The zero-order valence-electron chi connectivity index (χ0n) is 18.3. The number of carbonyl (C=O) groups excluding carboxylic acids is 1. The predicted octanol–water partition coefficient (Wildman–Crippen LogP) is 3.64. The summed E-state index contributed by atoms with van der Waals surface area (Å²) in [5, 5.41) is 0. The van der Waals surface area contributed by atoms with Crippen LogP contribution in [0.4, 0.5) is 0 Å². The zero-order chi connectivity index (χ0) is 22.7. The number of carbonyl (C=O) groups is 1. The van der Waals surface area contributed by atoms with Gasteiger partial charge < -0.3 is 9.47 Å². The van der Waals surface area contributed by atoms with E-state index in [1.54, 1.807) is 42.8 Å². The molecule has 1 heterocycles. The lowest BCUT2D eigenvalue weighted by molar-refractivity contribution is -0.110. The monoisotopic (exact) mass is 451 g/mol. The molecule has 0 saturated carbocycles. The first-order valence-electron chi connectivity index (χ1n) is 10.6. The lowest BCUT2D eigenvalue weighted by Gasteiger charge is -2.34. The molecule has 1 aliphatic heterocycles. The summed E-state index contributed by atoms with van der Waals surface area (Å²) in [6, 6.07) is 8.57. The molecule has 0 N–H and O–H groups in total.